The van der Waals surface area contributed by atoms with Gasteiger partial charge >= 0.3 is 353 Å². The standard InChI is InChI=1S/C78H126N2O4STe2/c1-7-11-15-19-23-27-29-33-37-41-49-65(47-39-35-31-25-21-17-13-9-3)51-43-45-57-79-70-62-68(72-55-56-73(87-72)76-75-74(64(6)85-76)83-59-60-84-75)78(82)80(69(70)61-67(77(79)81)71-54-53-63(5)86-71)58-46-44-52-66(48-40-36-32-26-22-18-14-10-4)50-42-38-34-30-28-24-20-16-12-8-2/h53-56,61-62,65-66H,7-52,57-60H2,1-6H3. The number of hydrogen-bond acceptors (Lipinski definition) is 5. The minimum Gasteiger partial charge on any atom is -0.0654 e. The third-order valence-electron chi connectivity index (χ3n) is 19.4. The van der Waals surface area contributed by atoms with Crippen LogP contribution in [-0.4, -0.2) is 63.2 Å². The Morgan fingerprint density at radius 1 is 0.391 bits per heavy atom. The van der Waals surface area contributed by atoms with Gasteiger partial charge in [-0.25, -0.2) is 0 Å². The first-order valence-electron chi connectivity index (χ1n) is 37.1. The van der Waals surface area contributed by atoms with Crippen molar-refractivity contribution in [3.8, 4) is 38.2 Å². The van der Waals surface area contributed by atoms with Gasteiger partial charge in [0.05, 0.1) is 0 Å². The molecule has 0 amide bonds. The fraction of sp³-hybridized carbons (Fsp3) is 0.744. The Balaban J connectivity index is 1.23. The van der Waals surface area contributed by atoms with Gasteiger partial charge in [0, 0.05) is 0 Å². The van der Waals surface area contributed by atoms with Gasteiger partial charge in [-0.2, -0.15) is 0 Å². The molecule has 1 aliphatic rings. The Morgan fingerprint density at radius 3 is 1.06 bits per heavy atom. The fourth-order valence-electron chi connectivity index (χ4n) is 14.0. The maximum absolute atomic E-state index is 15.6. The second-order valence-electron chi connectivity index (χ2n) is 26.9. The Hall–Kier alpha value is -2.00. The van der Waals surface area contributed by atoms with Crippen LogP contribution in [0.3, 0.4) is 0 Å². The molecule has 0 saturated heterocycles. The van der Waals surface area contributed by atoms with Crippen LogP contribution < -0.4 is 20.6 Å². The second-order valence-corrected chi connectivity index (χ2v) is 34.9. The molecule has 0 spiro atoms. The van der Waals surface area contributed by atoms with Gasteiger partial charge in [-0.05, 0) is 0 Å². The van der Waals surface area contributed by atoms with Gasteiger partial charge in [-0.15, -0.1) is 0 Å². The van der Waals surface area contributed by atoms with Crippen LogP contribution in [0.5, 0.6) is 11.5 Å². The Morgan fingerprint density at radius 2 is 0.701 bits per heavy atom. The monoisotopic (exact) mass is 1450 g/mol. The van der Waals surface area contributed by atoms with Gasteiger partial charge in [0.15, 0.2) is 0 Å². The molecule has 87 heavy (non-hydrogen) atoms. The van der Waals surface area contributed by atoms with Crippen molar-refractivity contribution < 1.29 is 9.47 Å². The van der Waals surface area contributed by atoms with Crippen molar-refractivity contribution in [1.29, 1.82) is 0 Å². The first-order valence-corrected chi connectivity index (χ1v) is 42.6. The number of aryl methyl sites for hydroxylation is 4. The Kier molecular flexibility index (Phi) is 38.6. The summed E-state index contributed by atoms with van der Waals surface area (Å²) in [5.41, 5.74) is 3.83. The smallest absolute Gasteiger partial charge is 0.0654 e. The molecule has 2 unspecified atom stereocenters. The summed E-state index contributed by atoms with van der Waals surface area (Å²) in [7, 11) is 0. The molecule has 2 atom stereocenters. The van der Waals surface area contributed by atoms with Crippen molar-refractivity contribution in [2.45, 2.75) is 350 Å². The quantitative estimate of drug-likeness (QED) is 0.0287. The van der Waals surface area contributed by atoms with Gasteiger partial charge < -0.3 is 0 Å². The van der Waals surface area contributed by atoms with E-state index >= 15 is 9.59 Å². The van der Waals surface area contributed by atoms with Crippen molar-refractivity contribution in [2.75, 3.05) is 13.2 Å². The SMILES string of the molecule is CCCCCCCCCCCCC(CCCCCCCCCC)CCCCn1c(=O)c(-c2ccc(C)[te]2)cc2c1cc(-c1ccc(-c3sc(C)c4c3OCCO4)[te]1)c(=O)n2CCCCC(CCCCCCCCCC)CCCCCCCCCCCC. The molecule has 0 aromatic carbocycles. The second kappa shape index (κ2) is 45.3. The topological polar surface area (TPSA) is 62.5 Å². The van der Waals surface area contributed by atoms with Crippen LogP contribution >= 0.6 is 11.3 Å². The summed E-state index contributed by atoms with van der Waals surface area (Å²) in [6.45, 7) is 16.2. The molecule has 6 nitrogen and oxygen atoms in total. The molecule has 0 bridgehead atoms. The summed E-state index contributed by atoms with van der Waals surface area (Å²) in [4.78, 5) is 33.2. The van der Waals surface area contributed by atoms with Crippen molar-refractivity contribution in [2.24, 2.45) is 11.8 Å². The van der Waals surface area contributed by atoms with Crippen molar-refractivity contribution in [3.63, 3.8) is 0 Å². The summed E-state index contributed by atoms with van der Waals surface area (Å²) in [5.74, 6) is 3.31. The maximum atomic E-state index is 15.6. The van der Waals surface area contributed by atoms with E-state index in [1.54, 1.807) is 11.3 Å². The van der Waals surface area contributed by atoms with E-state index in [9.17, 15) is 0 Å². The molecule has 0 radical (unpaired) electrons. The van der Waals surface area contributed by atoms with Crippen LogP contribution in [0.4, 0.5) is 0 Å². The van der Waals surface area contributed by atoms with Crippen LogP contribution in [0.1, 0.15) is 332 Å². The predicted molar refractivity (Wildman–Crippen MR) is 383 cm³/mol. The van der Waals surface area contributed by atoms with Crippen LogP contribution in [0.2, 0.25) is 0 Å². The summed E-state index contributed by atoms with van der Waals surface area (Å²) in [6.07, 6.45) is 61.9. The van der Waals surface area contributed by atoms with E-state index in [1.165, 1.54) is 289 Å². The molecule has 5 aromatic heterocycles. The van der Waals surface area contributed by atoms with E-state index in [4.69, 9.17) is 9.47 Å². The van der Waals surface area contributed by atoms with Crippen molar-refractivity contribution in [3.05, 3.63) is 65.6 Å². The number of fused-ring (bicyclic) bond motifs is 2. The van der Waals surface area contributed by atoms with E-state index in [1.807, 2.05) is 0 Å². The van der Waals surface area contributed by atoms with Crippen molar-refractivity contribution in [1.82, 2.24) is 9.13 Å². The summed E-state index contributed by atoms with van der Waals surface area (Å²) in [6, 6.07) is 13.3. The number of rotatable bonds is 53. The summed E-state index contributed by atoms with van der Waals surface area (Å²) >= 11 is 0.189. The first-order chi connectivity index (χ1) is 42.8. The van der Waals surface area contributed by atoms with E-state index < -0.39 is 40.9 Å². The van der Waals surface area contributed by atoms with Crippen LogP contribution in [0.15, 0.2) is 46.0 Å². The molecular formula is C78H126N2O4STe2. The van der Waals surface area contributed by atoms with Gasteiger partial charge in [0.1, 0.15) is 0 Å². The molecule has 490 valence electrons. The minimum atomic E-state index is -0.936. The van der Waals surface area contributed by atoms with Crippen LogP contribution in [-0.2, 0) is 13.1 Å². The Labute approximate surface area is 556 Å². The zero-order valence-corrected chi connectivity index (χ0v) is 62.2. The third-order valence-corrected chi connectivity index (χ3v) is 27.1. The van der Waals surface area contributed by atoms with Gasteiger partial charge in [-0.1, -0.05) is 207 Å². The number of unbranched alkanes of at least 4 members (excludes halogenated alkanes) is 34. The Bertz CT molecular complexity index is 2710. The summed E-state index contributed by atoms with van der Waals surface area (Å²) in [5, 5.41) is 0. The average Bonchev–Trinajstić information content (AvgIpc) is 2.08. The molecule has 0 fully saturated rings. The third kappa shape index (κ3) is 26.9. The predicted octanol–water partition coefficient (Wildman–Crippen LogP) is 24.0. The minimum absolute atomic E-state index is 0.122. The number of aromatic nitrogens is 2. The molecule has 6 heterocycles. The van der Waals surface area contributed by atoms with E-state index in [-0.39, 0.29) is 11.1 Å². The molecule has 0 saturated carbocycles. The number of thiophene rings is 1. The molecular weight excluding hydrogens is 1320 g/mol. The zero-order valence-electron chi connectivity index (χ0n) is 56.7. The van der Waals surface area contributed by atoms with E-state index in [0.717, 1.165) is 76.1 Å². The first kappa shape index (κ1) is 74.0. The van der Waals surface area contributed by atoms with E-state index in [0.29, 0.717) is 26.3 Å². The molecule has 0 aliphatic carbocycles. The fourth-order valence-corrected chi connectivity index (χ4v) is 20.8. The van der Waals surface area contributed by atoms with Crippen LogP contribution in [0, 0.1) is 25.7 Å². The number of pyridine rings is 2. The van der Waals surface area contributed by atoms with Gasteiger partial charge in [0.25, 0.3) is 0 Å². The van der Waals surface area contributed by atoms with E-state index in [2.05, 4.69) is 87.1 Å². The number of hydrogen-bond donors (Lipinski definition) is 0. The molecule has 9 heteroatoms. The van der Waals surface area contributed by atoms with Crippen LogP contribution in [0.25, 0.3) is 37.8 Å². The summed E-state index contributed by atoms with van der Waals surface area (Å²) < 4.78 is 21.8. The zero-order chi connectivity index (χ0) is 61.5. The molecule has 1 aliphatic heterocycles. The molecule has 6 rings (SSSR count). The normalized spacial score (nSPS) is 13.2. The number of ether oxygens (including phenoxy) is 2. The average molecular weight is 1440 g/mol. The van der Waals surface area contributed by atoms with Gasteiger partial charge in [0.2, 0.25) is 0 Å². The van der Waals surface area contributed by atoms with Gasteiger partial charge in [-0.3, -0.25) is 0 Å². The van der Waals surface area contributed by atoms with Crippen molar-refractivity contribution >= 4 is 63.2 Å². The number of nitrogens with zero attached hydrogens (tertiary/aromatic N) is 2. The molecule has 5 aromatic rings. The molecule has 0 N–H and O–H groups in total.